The van der Waals surface area contributed by atoms with Crippen LogP contribution in [0.2, 0.25) is 0 Å². The smallest absolute Gasteiger partial charge is 0.323 e. The number of aryl methyl sites for hydroxylation is 1. The number of esters is 1. The number of benzene rings is 1. The third kappa shape index (κ3) is 2.01. The van der Waals surface area contributed by atoms with Gasteiger partial charge in [0.25, 0.3) is 0 Å². The lowest BCUT2D eigenvalue weighted by molar-refractivity contribution is -0.152. The Bertz CT molecular complexity index is 521. The molecule has 1 aromatic carbocycles. The van der Waals surface area contributed by atoms with E-state index in [2.05, 4.69) is 0 Å². The molecule has 0 saturated carbocycles. The van der Waals surface area contributed by atoms with Crippen molar-refractivity contribution in [3.8, 4) is 5.75 Å². The lowest BCUT2D eigenvalue weighted by Crippen LogP contribution is -2.46. The summed E-state index contributed by atoms with van der Waals surface area (Å²) in [6, 6.07) is 5.49. The van der Waals surface area contributed by atoms with Gasteiger partial charge in [-0.1, -0.05) is 6.07 Å². The first-order chi connectivity index (χ1) is 9.06. The maximum absolute atomic E-state index is 12.2. The molecule has 1 aromatic rings. The first-order valence-electron chi connectivity index (χ1n) is 6.33. The van der Waals surface area contributed by atoms with Crippen LogP contribution in [0.15, 0.2) is 18.2 Å². The topological polar surface area (TPSA) is 52.6 Å². The monoisotopic (exact) mass is 262 g/mol. The zero-order valence-electron chi connectivity index (χ0n) is 11.5. The minimum Gasteiger partial charge on any atom is -0.497 e. The molecule has 0 N–H and O–H groups in total. The molecule has 1 aliphatic carbocycles. The number of ether oxygens (including phenoxy) is 2. The van der Waals surface area contributed by atoms with E-state index in [1.807, 2.05) is 12.1 Å². The number of carbonyl (C=O) groups excluding carboxylic acids is 2. The second-order valence-electron chi connectivity index (χ2n) is 4.83. The fourth-order valence-corrected chi connectivity index (χ4v) is 2.89. The Kier molecular flexibility index (Phi) is 3.60. The third-order valence-electron chi connectivity index (χ3n) is 3.90. The van der Waals surface area contributed by atoms with Gasteiger partial charge in [0.2, 0.25) is 0 Å². The zero-order chi connectivity index (χ0) is 14.0. The fraction of sp³-hybridized carbons (Fsp3) is 0.467. The molecular formula is C15H18O4. The molecule has 4 heteroatoms. The van der Waals surface area contributed by atoms with E-state index in [-0.39, 0.29) is 5.78 Å². The first-order valence-corrected chi connectivity index (χ1v) is 6.33. The third-order valence-corrected chi connectivity index (χ3v) is 3.90. The summed E-state index contributed by atoms with van der Waals surface area (Å²) < 4.78 is 10.1. The Morgan fingerprint density at radius 2 is 2.00 bits per heavy atom. The largest absolute Gasteiger partial charge is 0.497 e. The summed E-state index contributed by atoms with van der Waals surface area (Å²) in [5.74, 6) is 0.111. The van der Waals surface area contributed by atoms with Crippen molar-refractivity contribution in [3.63, 3.8) is 0 Å². The average molecular weight is 262 g/mol. The highest BCUT2D eigenvalue weighted by atomic mass is 16.5. The van der Waals surface area contributed by atoms with Gasteiger partial charge >= 0.3 is 5.97 Å². The zero-order valence-corrected chi connectivity index (χ0v) is 11.5. The predicted molar refractivity (Wildman–Crippen MR) is 70.3 cm³/mol. The van der Waals surface area contributed by atoms with Gasteiger partial charge in [-0.25, -0.2) is 0 Å². The van der Waals surface area contributed by atoms with Crippen LogP contribution >= 0.6 is 0 Å². The van der Waals surface area contributed by atoms with E-state index in [0.717, 1.165) is 29.7 Å². The highest BCUT2D eigenvalue weighted by Crippen LogP contribution is 2.40. The van der Waals surface area contributed by atoms with Crippen molar-refractivity contribution in [1.29, 1.82) is 0 Å². The lowest BCUT2D eigenvalue weighted by atomic mass is 9.67. The number of carbonyl (C=O) groups is 2. The van der Waals surface area contributed by atoms with Gasteiger partial charge in [-0.2, -0.15) is 0 Å². The second-order valence-corrected chi connectivity index (χ2v) is 4.83. The standard InChI is InChI=1S/C15H18O4/c1-10(16)15(14(17)19-3)8-4-5-11-9-12(18-2)6-7-13(11)15/h6-7,9H,4-5,8H2,1-3H3. The van der Waals surface area contributed by atoms with Crippen molar-refractivity contribution in [2.45, 2.75) is 31.6 Å². The number of methoxy groups -OCH3 is 2. The molecule has 0 radical (unpaired) electrons. The van der Waals surface area contributed by atoms with Gasteiger partial charge in [0.1, 0.15) is 5.75 Å². The summed E-state index contributed by atoms with van der Waals surface area (Å²) in [6.07, 6.45) is 2.14. The van der Waals surface area contributed by atoms with E-state index in [4.69, 9.17) is 9.47 Å². The second kappa shape index (κ2) is 5.03. The van der Waals surface area contributed by atoms with Crippen molar-refractivity contribution in [2.75, 3.05) is 14.2 Å². The van der Waals surface area contributed by atoms with Gasteiger partial charge in [-0.05, 0) is 49.4 Å². The van der Waals surface area contributed by atoms with E-state index >= 15 is 0 Å². The number of ketones is 1. The number of Topliss-reactive ketones (excluding diaryl/α,β-unsaturated/α-hetero) is 1. The predicted octanol–water partition coefficient (Wildman–Crippen LogP) is 2.03. The molecule has 0 heterocycles. The molecule has 2 rings (SSSR count). The Balaban J connectivity index is 2.62. The average Bonchev–Trinajstić information content (AvgIpc) is 2.44. The molecule has 0 aromatic heterocycles. The highest BCUT2D eigenvalue weighted by Gasteiger charge is 2.48. The first kappa shape index (κ1) is 13.6. The lowest BCUT2D eigenvalue weighted by Gasteiger charge is -2.34. The summed E-state index contributed by atoms with van der Waals surface area (Å²) in [4.78, 5) is 24.3. The van der Waals surface area contributed by atoms with Gasteiger partial charge in [0.15, 0.2) is 11.2 Å². The SMILES string of the molecule is COC(=O)C1(C(C)=O)CCCc2cc(OC)ccc21. The van der Waals surface area contributed by atoms with Crippen LogP contribution in [-0.4, -0.2) is 26.0 Å². The van der Waals surface area contributed by atoms with E-state index < -0.39 is 11.4 Å². The minimum atomic E-state index is -1.14. The summed E-state index contributed by atoms with van der Waals surface area (Å²) in [6.45, 7) is 1.45. The number of hydrogen-bond donors (Lipinski definition) is 0. The maximum Gasteiger partial charge on any atom is 0.323 e. The molecule has 0 bridgehead atoms. The number of hydrogen-bond acceptors (Lipinski definition) is 4. The highest BCUT2D eigenvalue weighted by molar-refractivity contribution is 6.09. The van der Waals surface area contributed by atoms with E-state index in [1.165, 1.54) is 14.0 Å². The number of fused-ring (bicyclic) bond motifs is 1. The molecule has 19 heavy (non-hydrogen) atoms. The Morgan fingerprint density at radius 1 is 1.26 bits per heavy atom. The Labute approximate surface area is 112 Å². The Hall–Kier alpha value is -1.84. The van der Waals surface area contributed by atoms with Crippen molar-refractivity contribution < 1.29 is 19.1 Å². The van der Waals surface area contributed by atoms with Crippen molar-refractivity contribution in [2.24, 2.45) is 0 Å². The summed E-state index contributed by atoms with van der Waals surface area (Å²) >= 11 is 0. The molecule has 0 amide bonds. The molecule has 0 spiro atoms. The quantitative estimate of drug-likeness (QED) is 0.618. The summed E-state index contributed by atoms with van der Waals surface area (Å²) in [5, 5.41) is 0. The van der Waals surface area contributed by atoms with Crippen LogP contribution in [0.25, 0.3) is 0 Å². The van der Waals surface area contributed by atoms with Crippen LogP contribution in [-0.2, 0) is 26.2 Å². The molecule has 1 aliphatic rings. The summed E-state index contributed by atoms with van der Waals surface area (Å²) in [5.41, 5.74) is 0.610. The van der Waals surface area contributed by atoms with Crippen LogP contribution in [0.5, 0.6) is 5.75 Å². The molecule has 102 valence electrons. The van der Waals surface area contributed by atoms with Crippen LogP contribution in [0.1, 0.15) is 30.9 Å². The van der Waals surface area contributed by atoms with Crippen LogP contribution in [0.4, 0.5) is 0 Å². The van der Waals surface area contributed by atoms with Gasteiger partial charge in [0, 0.05) is 0 Å². The number of rotatable bonds is 3. The van der Waals surface area contributed by atoms with Crippen molar-refractivity contribution >= 4 is 11.8 Å². The molecular weight excluding hydrogens is 244 g/mol. The molecule has 0 fully saturated rings. The molecule has 4 nitrogen and oxygen atoms in total. The Morgan fingerprint density at radius 3 is 2.58 bits per heavy atom. The summed E-state index contributed by atoms with van der Waals surface area (Å²) in [7, 11) is 2.92. The van der Waals surface area contributed by atoms with Gasteiger partial charge in [0.05, 0.1) is 14.2 Å². The van der Waals surface area contributed by atoms with Crippen molar-refractivity contribution in [1.82, 2.24) is 0 Å². The fourth-order valence-electron chi connectivity index (χ4n) is 2.89. The molecule has 1 atom stereocenters. The van der Waals surface area contributed by atoms with Gasteiger partial charge < -0.3 is 9.47 Å². The van der Waals surface area contributed by atoms with E-state index in [9.17, 15) is 9.59 Å². The van der Waals surface area contributed by atoms with E-state index in [0.29, 0.717) is 6.42 Å². The minimum absolute atomic E-state index is 0.162. The van der Waals surface area contributed by atoms with Gasteiger partial charge in [-0.3, -0.25) is 9.59 Å². The van der Waals surface area contributed by atoms with Crippen LogP contribution < -0.4 is 4.74 Å². The molecule has 1 unspecified atom stereocenters. The van der Waals surface area contributed by atoms with Crippen LogP contribution in [0, 0.1) is 0 Å². The normalized spacial score (nSPS) is 21.4. The maximum atomic E-state index is 12.2. The van der Waals surface area contributed by atoms with E-state index in [1.54, 1.807) is 13.2 Å². The van der Waals surface area contributed by atoms with Crippen LogP contribution in [0.3, 0.4) is 0 Å². The van der Waals surface area contributed by atoms with Crippen molar-refractivity contribution in [3.05, 3.63) is 29.3 Å². The van der Waals surface area contributed by atoms with Gasteiger partial charge in [-0.15, -0.1) is 0 Å². The molecule has 0 aliphatic heterocycles. The molecule has 0 saturated heterocycles.